The number of aromatic nitrogens is 2. The van der Waals surface area contributed by atoms with E-state index in [1.165, 1.54) is 6.20 Å². The highest BCUT2D eigenvalue weighted by molar-refractivity contribution is 6.32. The topological polar surface area (TPSA) is 70.2 Å². The number of hydrogen-bond acceptors (Lipinski definition) is 5. The lowest BCUT2D eigenvalue weighted by Gasteiger charge is -2.35. The third kappa shape index (κ3) is 4.98. The second-order valence-corrected chi connectivity index (χ2v) is 5.96. The molecule has 0 aliphatic carbocycles. The molecule has 1 aliphatic heterocycles. The van der Waals surface area contributed by atoms with E-state index in [1.807, 2.05) is 0 Å². The summed E-state index contributed by atoms with van der Waals surface area (Å²) in [5.41, 5.74) is 0.229. The predicted molar refractivity (Wildman–Crippen MR) is 84.0 cm³/mol. The molecule has 118 valence electrons. The predicted octanol–water partition coefficient (Wildman–Crippen LogP) is 1.72. The number of H-pyrrole nitrogens is 1. The van der Waals surface area contributed by atoms with Gasteiger partial charge in [0.1, 0.15) is 5.02 Å². The summed E-state index contributed by atoms with van der Waals surface area (Å²) in [5.74, 6) is 0. The van der Waals surface area contributed by atoms with Crippen molar-refractivity contribution in [1.29, 1.82) is 0 Å². The number of rotatable bonds is 6. The van der Waals surface area contributed by atoms with Gasteiger partial charge in [-0.2, -0.15) is 5.10 Å². The number of aromatic amines is 1. The first-order valence-corrected chi connectivity index (χ1v) is 7.79. The molecule has 2 heterocycles. The van der Waals surface area contributed by atoms with Crippen molar-refractivity contribution in [3.63, 3.8) is 0 Å². The van der Waals surface area contributed by atoms with E-state index in [-0.39, 0.29) is 10.6 Å². The molecule has 2 N–H and O–H groups in total. The summed E-state index contributed by atoms with van der Waals surface area (Å²) in [7, 11) is 0. The molecule has 0 unspecified atom stereocenters. The van der Waals surface area contributed by atoms with E-state index >= 15 is 0 Å². The molecule has 1 aromatic rings. The van der Waals surface area contributed by atoms with Gasteiger partial charge in [-0.05, 0) is 33.2 Å². The standard InChI is InChI=1S/C14H23ClN4O2/c1-10-8-19(9-11(2)21-10)6-4-3-5-16-12-7-17-18-14(20)13(12)15/h7,10-11H,3-6,8-9H2,1-2H3,(H2,16,18,20)/t10-,11-/m1/s1. The zero-order valence-electron chi connectivity index (χ0n) is 12.6. The largest absolute Gasteiger partial charge is 0.382 e. The molecule has 2 atom stereocenters. The minimum atomic E-state index is -0.363. The zero-order valence-corrected chi connectivity index (χ0v) is 13.3. The number of anilines is 1. The number of nitrogens with one attached hydrogen (secondary N) is 2. The zero-order chi connectivity index (χ0) is 15.2. The maximum absolute atomic E-state index is 11.3. The van der Waals surface area contributed by atoms with Gasteiger partial charge >= 0.3 is 0 Å². The van der Waals surface area contributed by atoms with Crippen molar-refractivity contribution in [2.24, 2.45) is 0 Å². The molecule has 0 saturated carbocycles. The van der Waals surface area contributed by atoms with Crippen LogP contribution in [0.1, 0.15) is 26.7 Å². The second kappa shape index (κ2) is 7.77. The van der Waals surface area contributed by atoms with Crippen molar-refractivity contribution in [3.05, 3.63) is 21.6 Å². The highest BCUT2D eigenvalue weighted by Crippen LogP contribution is 2.15. The number of morpholine rings is 1. The number of unbranched alkanes of at least 4 members (excludes halogenated alkanes) is 1. The fourth-order valence-corrected chi connectivity index (χ4v) is 2.82. The summed E-state index contributed by atoms with van der Waals surface area (Å²) in [6, 6.07) is 0. The van der Waals surface area contributed by atoms with Gasteiger partial charge in [0.25, 0.3) is 5.56 Å². The van der Waals surface area contributed by atoms with E-state index < -0.39 is 0 Å². The summed E-state index contributed by atoms with van der Waals surface area (Å²) < 4.78 is 5.72. The van der Waals surface area contributed by atoms with Crippen LogP contribution in [0.15, 0.2) is 11.0 Å². The SMILES string of the molecule is C[C@@H]1CN(CCCCNc2cn[nH]c(=O)c2Cl)C[C@@H](C)O1. The average molecular weight is 315 g/mol. The molecular weight excluding hydrogens is 292 g/mol. The van der Waals surface area contributed by atoms with Gasteiger partial charge in [-0.1, -0.05) is 11.6 Å². The van der Waals surface area contributed by atoms with E-state index in [9.17, 15) is 4.79 Å². The van der Waals surface area contributed by atoms with Crippen LogP contribution in [0.5, 0.6) is 0 Å². The Bertz CT molecular complexity index is 498. The van der Waals surface area contributed by atoms with Crippen molar-refractivity contribution in [1.82, 2.24) is 15.1 Å². The summed E-state index contributed by atoms with van der Waals surface area (Å²) in [6.45, 7) is 8.09. The van der Waals surface area contributed by atoms with Crippen LogP contribution in [0, 0.1) is 0 Å². The van der Waals surface area contributed by atoms with Crippen LogP contribution in [-0.2, 0) is 4.74 Å². The average Bonchev–Trinajstić information content (AvgIpc) is 2.42. The second-order valence-electron chi connectivity index (χ2n) is 5.58. The van der Waals surface area contributed by atoms with Crippen molar-refractivity contribution < 1.29 is 4.74 Å². The summed E-state index contributed by atoms with van der Waals surface area (Å²) >= 11 is 5.89. The lowest BCUT2D eigenvalue weighted by Crippen LogP contribution is -2.45. The molecule has 0 spiro atoms. The van der Waals surface area contributed by atoms with Crippen molar-refractivity contribution in [2.45, 2.75) is 38.9 Å². The van der Waals surface area contributed by atoms with Gasteiger partial charge in [-0.3, -0.25) is 9.69 Å². The first-order valence-electron chi connectivity index (χ1n) is 7.41. The molecule has 1 fully saturated rings. The normalized spacial score (nSPS) is 23.2. The first-order chi connectivity index (χ1) is 10.1. The summed E-state index contributed by atoms with van der Waals surface area (Å²) in [5, 5.41) is 9.34. The fraction of sp³-hybridized carbons (Fsp3) is 0.714. The molecule has 21 heavy (non-hydrogen) atoms. The number of nitrogens with zero attached hydrogens (tertiary/aromatic N) is 2. The van der Waals surface area contributed by atoms with Crippen LogP contribution in [0.25, 0.3) is 0 Å². The monoisotopic (exact) mass is 314 g/mol. The molecule has 0 amide bonds. The lowest BCUT2D eigenvalue weighted by molar-refractivity contribution is -0.0681. The molecule has 0 bridgehead atoms. The van der Waals surface area contributed by atoms with Crippen molar-refractivity contribution in [3.8, 4) is 0 Å². The van der Waals surface area contributed by atoms with Crippen LogP contribution in [-0.4, -0.2) is 53.5 Å². The molecule has 7 heteroatoms. The van der Waals surface area contributed by atoms with Crippen LogP contribution in [0.3, 0.4) is 0 Å². The van der Waals surface area contributed by atoms with Crippen LogP contribution in [0.4, 0.5) is 5.69 Å². The lowest BCUT2D eigenvalue weighted by atomic mass is 10.2. The van der Waals surface area contributed by atoms with Crippen molar-refractivity contribution in [2.75, 3.05) is 31.5 Å². The van der Waals surface area contributed by atoms with Crippen LogP contribution < -0.4 is 10.9 Å². The van der Waals surface area contributed by atoms with E-state index in [0.717, 1.165) is 39.0 Å². The Morgan fingerprint density at radius 2 is 2.14 bits per heavy atom. The van der Waals surface area contributed by atoms with E-state index in [2.05, 4.69) is 34.3 Å². The van der Waals surface area contributed by atoms with Gasteiger partial charge in [0.05, 0.1) is 24.1 Å². The summed E-state index contributed by atoms with van der Waals surface area (Å²) in [4.78, 5) is 13.7. The molecule has 1 saturated heterocycles. The highest BCUT2D eigenvalue weighted by atomic mass is 35.5. The molecule has 1 aromatic heterocycles. The Labute approximate surface area is 129 Å². The Morgan fingerprint density at radius 3 is 2.86 bits per heavy atom. The molecule has 2 rings (SSSR count). The molecular formula is C14H23ClN4O2. The summed E-state index contributed by atoms with van der Waals surface area (Å²) in [6.07, 6.45) is 4.28. The van der Waals surface area contributed by atoms with E-state index in [0.29, 0.717) is 17.9 Å². The van der Waals surface area contributed by atoms with Crippen LogP contribution >= 0.6 is 11.6 Å². The third-order valence-electron chi connectivity index (χ3n) is 3.51. The van der Waals surface area contributed by atoms with Gasteiger partial charge in [-0.25, -0.2) is 5.10 Å². The van der Waals surface area contributed by atoms with Gasteiger partial charge in [0.15, 0.2) is 0 Å². The Kier molecular flexibility index (Phi) is 6.02. The highest BCUT2D eigenvalue weighted by Gasteiger charge is 2.21. The number of hydrogen-bond donors (Lipinski definition) is 2. The van der Waals surface area contributed by atoms with Gasteiger partial charge in [0.2, 0.25) is 0 Å². The maximum atomic E-state index is 11.3. The van der Waals surface area contributed by atoms with Gasteiger partial charge in [-0.15, -0.1) is 0 Å². The Balaban J connectivity index is 1.66. The van der Waals surface area contributed by atoms with E-state index in [4.69, 9.17) is 16.3 Å². The maximum Gasteiger partial charge on any atom is 0.285 e. The third-order valence-corrected chi connectivity index (χ3v) is 3.88. The number of ether oxygens (including phenoxy) is 1. The minimum absolute atomic E-state index is 0.167. The van der Waals surface area contributed by atoms with Crippen molar-refractivity contribution >= 4 is 17.3 Å². The quantitative estimate of drug-likeness (QED) is 0.783. The van der Waals surface area contributed by atoms with E-state index in [1.54, 1.807) is 0 Å². The number of halogens is 1. The Morgan fingerprint density at radius 1 is 1.43 bits per heavy atom. The molecule has 0 aromatic carbocycles. The van der Waals surface area contributed by atoms with Gasteiger partial charge < -0.3 is 10.1 Å². The minimum Gasteiger partial charge on any atom is -0.382 e. The molecule has 6 nitrogen and oxygen atoms in total. The molecule has 0 radical (unpaired) electrons. The van der Waals surface area contributed by atoms with Crippen LogP contribution in [0.2, 0.25) is 5.02 Å². The fourth-order valence-electron chi connectivity index (χ4n) is 2.66. The van der Waals surface area contributed by atoms with Gasteiger partial charge in [0, 0.05) is 19.6 Å². The molecule has 1 aliphatic rings. The first kappa shape index (κ1) is 16.3. The smallest absolute Gasteiger partial charge is 0.285 e. The Hall–Kier alpha value is -1.11.